The van der Waals surface area contributed by atoms with Crippen molar-refractivity contribution in [2.45, 2.75) is 65.0 Å². The summed E-state index contributed by atoms with van der Waals surface area (Å²) in [6, 6.07) is 2.50. The molecule has 1 N–H and O–H groups in total. The van der Waals surface area contributed by atoms with E-state index in [1.54, 1.807) is 34.6 Å². The normalized spacial score (nSPS) is 22.2. The molecule has 1 amide bonds. The molecule has 1 aliphatic rings. The Labute approximate surface area is 152 Å². The van der Waals surface area contributed by atoms with Crippen LogP contribution in [-0.4, -0.2) is 50.9 Å². The first kappa shape index (κ1) is 19.9. The topological polar surface area (TPSA) is 107 Å². The van der Waals surface area contributed by atoms with E-state index >= 15 is 0 Å². The summed E-state index contributed by atoms with van der Waals surface area (Å²) in [5.41, 5.74) is -1.62. The van der Waals surface area contributed by atoms with Crippen molar-refractivity contribution in [1.82, 2.24) is 9.88 Å². The van der Waals surface area contributed by atoms with E-state index in [4.69, 9.17) is 9.47 Å². The van der Waals surface area contributed by atoms with Crippen molar-refractivity contribution < 1.29 is 19.2 Å². The molecule has 0 radical (unpaired) electrons. The number of nitro groups is 1. The van der Waals surface area contributed by atoms with Crippen molar-refractivity contribution >= 4 is 17.6 Å². The number of carbonyl (C=O) groups is 1. The average Bonchev–Trinajstić information content (AvgIpc) is 2.71. The van der Waals surface area contributed by atoms with Gasteiger partial charge in [0, 0.05) is 18.8 Å². The molecule has 0 bridgehead atoms. The van der Waals surface area contributed by atoms with Crippen molar-refractivity contribution in [3.63, 3.8) is 0 Å². The second-order valence-corrected chi connectivity index (χ2v) is 7.70. The molecule has 0 aromatic carbocycles. The molecule has 2 atom stereocenters. The van der Waals surface area contributed by atoms with Gasteiger partial charge >= 0.3 is 11.8 Å². The first-order valence-corrected chi connectivity index (χ1v) is 8.46. The minimum atomic E-state index is -0.857. The van der Waals surface area contributed by atoms with E-state index in [0.29, 0.717) is 0 Å². The van der Waals surface area contributed by atoms with E-state index in [-0.39, 0.29) is 30.2 Å². The number of nitrogens with one attached hydrogen (secondary N) is 1. The largest absolute Gasteiger partial charge is 0.444 e. The number of pyridine rings is 1. The van der Waals surface area contributed by atoms with Crippen molar-refractivity contribution in [1.29, 1.82) is 0 Å². The van der Waals surface area contributed by atoms with E-state index in [0.717, 1.165) is 0 Å². The van der Waals surface area contributed by atoms with Crippen LogP contribution in [0.2, 0.25) is 0 Å². The quantitative estimate of drug-likeness (QED) is 0.644. The highest BCUT2D eigenvalue weighted by Gasteiger charge is 2.49. The summed E-state index contributed by atoms with van der Waals surface area (Å²) < 4.78 is 11.4. The zero-order valence-electron chi connectivity index (χ0n) is 16.0. The number of aromatic nitrogens is 1. The molecule has 2 unspecified atom stereocenters. The predicted molar refractivity (Wildman–Crippen MR) is 95.9 cm³/mol. The highest BCUT2D eigenvalue weighted by molar-refractivity contribution is 5.70. The van der Waals surface area contributed by atoms with E-state index in [2.05, 4.69) is 10.3 Å². The van der Waals surface area contributed by atoms with Gasteiger partial charge in [-0.2, -0.15) is 0 Å². The minimum Gasteiger partial charge on any atom is -0.444 e. The maximum Gasteiger partial charge on any atom is 0.412 e. The smallest absolute Gasteiger partial charge is 0.412 e. The molecule has 1 fully saturated rings. The molecule has 144 valence electrons. The molecule has 1 aromatic heterocycles. The summed E-state index contributed by atoms with van der Waals surface area (Å²) in [6.07, 6.45) is 0.696. The van der Waals surface area contributed by atoms with Crippen LogP contribution in [-0.2, 0) is 9.47 Å². The molecule has 1 aromatic rings. The summed E-state index contributed by atoms with van der Waals surface area (Å²) in [7, 11) is 0. The molecule has 9 heteroatoms. The zero-order valence-corrected chi connectivity index (χ0v) is 16.0. The third kappa shape index (κ3) is 4.40. The van der Waals surface area contributed by atoms with Gasteiger partial charge in [0.25, 0.3) is 0 Å². The Kier molecular flexibility index (Phi) is 5.41. The van der Waals surface area contributed by atoms with Crippen LogP contribution < -0.4 is 5.32 Å². The van der Waals surface area contributed by atoms with Crippen molar-refractivity contribution in [2.75, 3.05) is 11.9 Å². The summed E-state index contributed by atoms with van der Waals surface area (Å²) >= 11 is 0. The van der Waals surface area contributed by atoms with Crippen LogP contribution in [0.1, 0.15) is 41.5 Å². The Morgan fingerprint density at radius 1 is 1.50 bits per heavy atom. The lowest BCUT2D eigenvalue weighted by atomic mass is 10.1. The molecule has 9 nitrogen and oxygen atoms in total. The molecule has 26 heavy (non-hydrogen) atoms. The molecular formula is C17H26N4O5. The molecule has 0 saturated carbocycles. The van der Waals surface area contributed by atoms with Crippen LogP contribution in [0.15, 0.2) is 18.3 Å². The number of amides is 1. The Balaban J connectivity index is 2.20. The summed E-state index contributed by atoms with van der Waals surface area (Å²) in [5.74, 6) is 0.151. The fourth-order valence-electron chi connectivity index (χ4n) is 3.00. The van der Waals surface area contributed by atoms with Crippen LogP contribution in [0, 0.1) is 10.1 Å². The van der Waals surface area contributed by atoms with E-state index < -0.39 is 22.3 Å². The lowest BCUT2D eigenvalue weighted by molar-refractivity contribution is -0.384. The molecular weight excluding hydrogens is 340 g/mol. The number of anilines is 1. The summed E-state index contributed by atoms with van der Waals surface area (Å²) in [4.78, 5) is 28.9. The van der Waals surface area contributed by atoms with Crippen molar-refractivity contribution in [3.05, 3.63) is 28.4 Å². The standard InChI is InChI=1S/C17H26N4O5/c1-11-13(10-19-14-12(21(23)24)8-7-9-18-14)20(17(5,6)25-11)15(22)26-16(2,3)4/h7-9,11,13H,10H2,1-6H3,(H,18,19). The predicted octanol–water partition coefficient (Wildman–Crippen LogP) is 3.16. The number of carbonyl (C=O) groups excluding carboxylic acids is 1. The van der Waals surface area contributed by atoms with E-state index in [1.807, 2.05) is 6.92 Å². The van der Waals surface area contributed by atoms with Crippen LogP contribution in [0.25, 0.3) is 0 Å². The SMILES string of the molecule is CC1OC(C)(C)N(C(=O)OC(C)(C)C)C1CNc1ncccc1[N+](=O)[O-]. The van der Waals surface area contributed by atoms with Gasteiger partial charge in [-0.25, -0.2) is 9.78 Å². The second kappa shape index (κ2) is 7.06. The second-order valence-electron chi connectivity index (χ2n) is 7.70. The number of hydrogen-bond donors (Lipinski definition) is 1. The monoisotopic (exact) mass is 366 g/mol. The Morgan fingerprint density at radius 2 is 2.15 bits per heavy atom. The third-order valence-electron chi connectivity index (χ3n) is 3.98. The molecule has 0 aliphatic carbocycles. The first-order valence-electron chi connectivity index (χ1n) is 8.46. The number of hydrogen-bond acceptors (Lipinski definition) is 7. The maximum atomic E-state index is 12.7. The van der Waals surface area contributed by atoms with Crippen LogP contribution in [0.3, 0.4) is 0 Å². The van der Waals surface area contributed by atoms with Crippen molar-refractivity contribution in [3.8, 4) is 0 Å². The van der Waals surface area contributed by atoms with Crippen LogP contribution in [0.5, 0.6) is 0 Å². The average molecular weight is 366 g/mol. The number of nitrogens with zero attached hydrogens (tertiary/aromatic N) is 3. The maximum absolute atomic E-state index is 12.7. The number of ether oxygens (including phenoxy) is 2. The van der Waals surface area contributed by atoms with Gasteiger partial charge in [0.1, 0.15) is 11.3 Å². The van der Waals surface area contributed by atoms with Crippen LogP contribution >= 0.6 is 0 Å². The fraction of sp³-hybridized carbons (Fsp3) is 0.647. The van der Waals surface area contributed by atoms with Gasteiger partial charge < -0.3 is 14.8 Å². The molecule has 1 saturated heterocycles. The highest BCUT2D eigenvalue weighted by Crippen LogP contribution is 2.34. The van der Waals surface area contributed by atoms with E-state index in [1.165, 1.54) is 23.2 Å². The molecule has 2 rings (SSSR count). The highest BCUT2D eigenvalue weighted by atomic mass is 16.6. The third-order valence-corrected chi connectivity index (χ3v) is 3.98. The first-order chi connectivity index (χ1) is 11.9. The van der Waals surface area contributed by atoms with Gasteiger partial charge in [-0.1, -0.05) is 0 Å². The fourth-order valence-corrected chi connectivity index (χ4v) is 3.00. The summed E-state index contributed by atoms with van der Waals surface area (Å²) in [6.45, 7) is 11.1. The van der Waals surface area contributed by atoms with Gasteiger partial charge in [-0.3, -0.25) is 15.0 Å². The Hall–Kier alpha value is -2.42. The molecule has 2 heterocycles. The van der Waals surface area contributed by atoms with Gasteiger partial charge in [0.15, 0.2) is 0 Å². The molecule has 0 spiro atoms. The zero-order chi connectivity index (χ0) is 19.7. The van der Waals surface area contributed by atoms with Crippen LogP contribution in [0.4, 0.5) is 16.3 Å². The number of rotatable bonds is 4. The Morgan fingerprint density at radius 3 is 2.73 bits per heavy atom. The Bertz CT molecular complexity index is 686. The van der Waals surface area contributed by atoms with Gasteiger partial charge in [-0.05, 0) is 47.6 Å². The lowest BCUT2D eigenvalue weighted by Gasteiger charge is -2.35. The van der Waals surface area contributed by atoms with Gasteiger partial charge in [-0.15, -0.1) is 0 Å². The lowest BCUT2D eigenvalue weighted by Crippen LogP contribution is -2.52. The van der Waals surface area contributed by atoms with Gasteiger partial charge in [0.05, 0.1) is 17.1 Å². The van der Waals surface area contributed by atoms with E-state index in [9.17, 15) is 14.9 Å². The minimum absolute atomic E-state index is 0.123. The molecule has 1 aliphatic heterocycles. The van der Waals surface area contributed by atoms with Crippen molar-refractivity contribution in [2.24, 2.45) is 0 Å². The summed E-state index contributed by atoms with van der Waals surface area (Å²) in [5, 5.41) is 14.1. The van der Waals surface area contributed by atoms with Gasteiger partial charge in [0.2, 0.25) is 5.82 Å².